The lowest BCUT2D eigenvalue weighted by Crippen LogP contribution is -2.43. The Morgan fingerprint density at radius 2 is 1.96 bits per heavy atom. The number of halogens is 1. The second kappa shape index (κ2) is 7.12. The summed E-state index contributed by atoms with van der Waals surface area (Å²) in [5, 5.41) is 4.10. The lowest BCUT2D eigenvalue weighted by atomic mass is 9.94. The number of nitrogens with zero attached hydrogens (tertiary/aromatic N) is 3. The number of piperidine rings is 1. The van der Waals surface area contributed by atoms with Crippen LogP contribution in [0.3, 0.4) is 0 Å². The van der Waals surface area contributed by atoms with Crippen molar-refractivity contribution in [3.8, 4) is 0 Å². The van der Waals surface area contributed by atoms with Crippen molar-refractivity contribution < 1.29 is 8.91 Å². The SMILES string of the molecule is Cc1cc(CN2CC3CCC2CN(Cc2c(C)noc2C)C3)ccc1F. The van der Waals surface area contributed by atoms with Gasteiger partial charge in [0.2, 0.25) is 0 Å². The van der Waals surface area contributed by atoms with E-state index in [9.17, 15) is 4.39 Å². The number of aromatic nitrogens is 1. The van der Waals surface area contributed by atoms with Crippen LogP contribution in [-0.2, 0) is 13.1 Å². The average molecular weight is 357 g/mol. The lowest BCUT2D eigenvalue weighted by Gasteiger charge is -2.36. The molecule has 0 N–H and O–H groups in total. The van der Waals surface area contributed by atoms with Gasteiger partial charge in [-0.25, -0.2) is 4.39 Å². The molecule has 1 aromatic heterocycles. The van der Waals surface area contributed by atoms with Crippen LogP contribution in [0, 0.1) is 32.5 Å². The number of aryl methyl sites for hydroxylation is 3. The molecule has 140 valence electrons. The molecule has 0 saturated carbocycles. The van der Waals surface area contributed by atoms with Crippen LogP contribution >= 0.6 is 0 Å². The molecule has 0 spiro atoms. The number of hydrogen-bond donors (Lipinski definition) is 0. The molecule has 26 heavy (non-hydrogen) atoms. The first-order valence-electron chi connectivity index (χ1n) is 9.63. The Balaban J connectivity index is 1.47. The van der Waals surface area contributed by atoms with Crippen LogP contribution in [0.2, 0.25) is 0 Å². The van der Waals surface area contributed by atoms with E-state index < -0.39 is 0 Å². The predicted molar refractivity (Wildman–Crippen MR) is 99.3 cm³/mol. The quantitative estimate of drug-likeness (QED) is 0.832. The molecule has 5 rings (SSSR count). The molecule has 2 unspecified atom stereocenters. The van der Waals surface area contributed by atoms with E-state index in [2.05, 4.69) is 15.0 Å². The van der Waals surface area contributed by atoms with E-state index in [1.807, 2.05) is 32.9 Å². The number of fused-ring (bicyclic) bond motifs is 4. The van der Waals surface area contributed by atoms with Crippen LogP contribution in [0.1, 0.15) is 41.0 Å². The van der Waals surface area contributed by atoms with Crippen molar-refractivity contribution in [2.24, 2.45) is 5.92 Å². The molecule has 3 fully saturated rings. The van der Waals surface area contributed by atoms with Crippen molar-refractivity contribution in [1.29, 1.82) is 0 Å². The molecule has 3 aliphatic heterocycles. The minimum Gasteiger partial charge on any atom is -0.361 e. The molecule has 3 aliphatic rings. The fourth-order valence-electron chi connectivity index (χ4n) is 4.59. The summed E-state index contributed by atoms with van der Waals surface area (Å²) in [7, 11) is 0. The van der Waals surface area contributed by atoms with Gasteiger partial charge in [0.15, 0.2) is 0 Å². The summed E-state index contributed by atoms with van der Waals surface area (Å²) >= 11 is 0. The van der Waals surface area contributed by atoms with Gasteiger partial charge in [0, 0.05) is 44.3 Å². The van der Waals surface area contributed by atoms with Gasteiger partial charge in [-0.2, -0.15) is 0 Å². The van der Waals surface area contributed by atoms with E-state index in [1.165, 1.54) is 24.0 Å². The fourth-order valence-corrected chi connectivity index (χ4v) is 4.59. The summed E-state index contributed by atoms with van der Waals surface area (Å²) in [6.07, 6.45) is 2.56. The Morgan fingerprint density at radius 3 is 2.69 bits per heavy atom. The summed E-state index contributed by atoms with van der Waals surface area (Å²) in [5.74, 6) is 1.53. The van der Waals surface area contributed by atoms with Crippen LogP contribution in [0.4, 0.5) is 4.39 Å². The van der Waals surface area contributed by atoms with Crippen molar-refractivity contribution in [3.63, 3.8) is 0 Å². The van der Waals surface area contributed by atoms with Gasteiger partial charge in [-0.15, -0.1) is 0 Å². The molecule has 0 radical (unpaired) electrons. The first kappa shape index (κ1) is 17.7. The maximum absolute atomic E-state index is 13.6. The molecule has 0 aliphatic carbocycles. The van der Waals surface area contributed by atoms with Crippen LogP contribution in [0.15, 0.2) is 22.7 Å². The largest absolute Gasteiger partial charge is 0.361 e. The Hall–Kier alpha value is -1.72. The smallest absolute Gasteiger partial charge is 0.138 e. The molecular formula is C21H28FN3O. The average Bonchev–Trinajstić information content (AvgIpc) is 2.79. The Labute approximate surface area is 155 Å². The van der Waals surface area contributed by atoms with Crippen LogP contribution in [0.5, 0.6) is 0 Å². The van der Waals surface area contributed by atoms with Crippen molar-refractivity contribution in [1.82, 2.24) is 15.0 Å². The van der Waals surface area contributed by atoms with Crippen molar-refractivity contribution >= 4 is 0 Å². The third kappa shape index (κ3) is 3.55. The van der Waals surface area contributed by atoms with Gasteiger partial charge in [-0.1, -0.05) is 17.3 Å². The van der Waals surface area contributed by atoms with E-state index in [-0.39, 0.29) is 5.82 Å². The molecule has 2 aromatic rings. The summed E-state index contributed by atoms with van der Waals surface area (Å²) in [4.78, 5) is 5.18. The topological polar surface area (TPSA) is 32.5 Å². The first-order chi connectivity index (χ1) is 12.5. The van der Waals surface area contributed by atoms with E-state index >= 15 is 0 Å². The van der Waals surface area contributed by atoms with Crippen LogP contribution in [-0.4, -0.2) is 40.6 Å². The highest BCUT2D eigenvalue weighted by atomic mass is 19.1. The fraction of sp³-hybridized carbons (Fsp3) is 0.571. The maximum atomic E-state index is 13.6. The zero-order chi connectivity index (χ0) is 18.3. The minimum atomic E-state index is -0.114. The Kier molecular flexibility index (Phi) is 4.84. The lowest BCUT2D eigenvalue weighted by molar-refractivity contribution is 0.123. The van der Waals surface area contributed by atoms with Gasteiger partial charge in [0.05, 0.1) is 5.69 Å². The number of rotatable bonds is 4. The van der Waals surface area contributed by atoms with E-state index in [0.717, 1.165) is 49.7 Å². The highest BCUT2D eigenvalue weighted by molar-refractivity contribution is 5.24. The summed E-state index contributed by atoms with van der Waals surface area (Å²) in [5.41, 5.74) is 4.21. The molecule has 4 nitrogen and oxygen atoms in total. The summed E-state index contributed by atoms with van der Waals surface area (Å²) < 4.78 is 18.9. The molecule has 3 saturated heterocycles. The molecule has 2 atom stereocenters. The minimum absolute atomic E-state index is 0.114. The van der Waals surface area contributed by atoms with Gasteiger partial charge in [0.25, 0.3) is 0 Å². The number of hydrogen-bond acceptors (Lipinski definition) is 4. The van der Waals surface area contributed by atoms with Gasteiger partial charge >= 0.3 is 0 Å². The molecule has 1 aromatic carbocycles. The van der Waals surface area contributed by atoms with Gasteiger partial charge in [-0.05, 0) is 56.7 Å². The van der Waals surface area contributed by atoms with Crippen molar-refractivity contribution in [2.45, 2.75) is 52.7 Å². The highest BCUT2D eigenvalue weighted by Crippen LogP contribution is 2.30. The third-order valence-electron chi connectivity index (χ3n) is 6.07. The maximum Gasteiger partial charge on any atom is 0.138 e. The van der Waals surface area contributed by atoms with Crippen LogP contribution in [0.25, 0.3) is 0 Å². The second-order valence-electron chi connectivity index (χ2n) is 8.11. The molecule has 2 bridgehead atoms. The molecule has 0 amide bonds. The zero-order valence-electron chi connectivity index (χ0n) is 16.0. The van der Waals surface area contributed by atoms with Gasteiger partial charge in [0.1, 0.15) is 11.6 Å². The van der Waals surface area contributed by atoms with E-state index in [1.54, 1.807) is 6.07 Å². The monoisotopic (exact) mass is 357 g/mol. The Bertz CT molecular complexity index is 768. The number of benzene rings is 1. The first-order valence-corrected chi connectivity index (χ1v) is 9.63. The molecule has 5 heteroatoms. The standard InChI is InChI=1S/C21H28FN3O/c1-14-8-17(5-7-21(14)22)10-25-11-18-4-6-19(25)12-24(9-18)13-20-15(2)23-26-16(20)3/h5,7-8,18-19H,4,6,9-13H2,1-3H3. The summed E-state index contributed by atoms with van der Waals surface area (Å²) in [6.45, 7) is 11.1. The predicted octanol–water partition coefficient (Wildman–Crippen LogP) is 3.84. The third-order valence-corrected chi connectivity index (χ3v) is 6.07. The normalized spacial score (nSPS) is 24.2. The Morgan fingerprint density at radius 1 is 1.12 bits per heavy atom. The van der Waals surface area contributed by atoms with E-state index in [4.69, 9.17) is 4.52 Å². The summed E-state index contributed by atoms with van der Waals surface area (Å²) in [6, 6.07) is 6.10. The van der Waals surface area contributed by atoms with Gasteiger partial charge < -0.3 is 4.52 Å². The van der Waals surface area contributed by atoms with Crippen molar-refractivity contribution in [3.05, 3.63) is 52.2 Å². The van der Waals surface area contributed by atoms with Crippen LogP contribution < -0.4 is 0 Å². The zero-order valence-corrected chi connectivity index (χ0v) is 16.0. The van der Waals surface area contributed by atoms with Crippen molar-refractivity contribution in [2.75, 3.05) is 19.6 Å². The van der Waals surface area contributed by atoms with E-state index in [0.29, 0.717) is 12.0 Å². The molecule has 4 heterocycles. The highest BCUT2D eigenvalue weighted by Gasteiger charge is 2.35. The molecular weight excluding hydrogens is 329 g/mol. The second-order valence-corrected chi connectivity index (χ2v) is 8.11. The van der Waals surface area contributed by atoms with Gasteiger partial charge in [-0.3, -0.25) is 9.80 Å².